The molecule has 7 heavy (non-hydrogen) atoms. The maximum absolute atomic E-state index is 10.0. The molecule has 0 heterocycles. The van der Waals surface area contributed by atoms with Gasteiger partial charge in [0.05, 0.1) is 6.20 Å². The van der Waals surface area contributed by atoms with Gasteiger partial charge in [-0.25, -0.2) is 0 Å². The molecule has 0 aromatic rings. The average Bonchev–Trinajstić information content (AvgIpc) is 1.61. The van der Waals surface area contributed by atoms with Crippen LogP contribution in [0.5, 0.6) is 0 Å². The number of allylic oxidation sites excluding steroid dienone is 1. The quantitative estimate of drug-likeness (QED) is 0.474. The van der Waals surface area contributed by atoms with Crippen LogP contribution in [0.25, 0.3) is 0 Å². The number of rotatable bonds is 1. The molecule has 0 atom stereocenters. The van der Waals surface area contributed by atoms with E-state index in [1.807, 2.05) is 0 Å². The molecule has 1 amide bonds. The van der Waals surface area contributed by atoms with Crippen molar-refractivity contribution in [2.45, 2.75) is 13.8 Å². The van der Waals surface area contributed by atoms with Crippen LogP contribution in [0.15, 0.2) is 6.08 Å². The Balaban J connectivity index is 3.14. The van der Waals surface area contributed by atoms with Crippen molar-refractivity contribution in [3.8, 4) is 0 Å². The summed E-state index contributed by atoms with van der Waals surface area (Å²) in [5.41, 5.74) is 0. The van der Waals surface area contributed by atoms with Crippen molar-refractivity contribution in [3.05, 3.63) is 12.3 Å². The molecular formula is C5H8NO. The Hall–Kier alpha value is -0.790. The molecule has 0 saturated carbocycles. The van der Waals surface area contributed by atoms with Crippen molar-refractivity contribution in [2.75, 3.05) is 0 Å². The summed E-state index contributed by atoms with van der Waals surface area (Å²) in [6.45, 7) is 3.23. The summed E-state index contributed by atoms with van der Waals surface area (Å²) < 4.78 is 0. The van der Waals surface area contributed by atoms with Gasteiger partial charge in [0.1, 0.15) is 0 Å². The van der Waals surface area contributed by atoms with Crippen molar-refractivity contribution < 1.29 is 4.79 Å². The minimum atomic E-state index is -0.0851. The molecule has 0 rings (SSSR count). The summed E-state index contributed by atoms with van der Waals surface area (Å²) in [5, 5.41) is 2.35. The SMILES string of the molecule is C/C=[C]/NC(C)=O. The molecule has 0 spiro atoms. The first-order chi connectivity index (χ1) is 3.27. The minimum absolute atomic E-state index is 0.0851. The summed E-state index contributed by atoms with van der Waals surface area (Å²) in [5.74, 6) is -0.0851. The van der Waals surface area contributed by atoms with Crippen LogP contribution < -0.4 is 5.32 Å². The Bertz CT molecular complexity index is 86.1. The summed E-state index contributed by atoms with van der Waals surface area (Å²) in [7, 11) is 0. The van der Waals surface area contributed by atoms with Crippen LogP contribution >= 0.6 is 0 Å². The lowest BCUT2D eigenvalue weighted by atomic mass is 10.6. The molecule has 0 fully saturated rings. The molecule has 0 aliphatic carbocycles. The molecule has 0 unspecified atom stereocenters. The maximum atomic E-state index is 10.0. The third-order valence-electron chi connectivity index (χ3n) is 0.393. The molecule has 0 aliphatic rings. The van der Waals surface area contributed by atoms with Gasteiger partial charge in [0.15, 0.2) is 0 Å². The lowest BCUT2D eigenvalue weighted by Crippen LogP contribution is -2.11. The third-order valence-corrected chi connectivity index (χ3v) is 0.393. The predicted octanol–water partition coefficient (Wildman–Crippen LogP) is 0.459. The van der Waals surface area contributed by atoms with Gasteiger partial charge in [-0.2, -0.15) is 0 Å². The molecule has 0 aromatic carbocycles. The Kier molecular flexibility index (Phi) is 3.02. The zero-order chi connectivity index (χ0) is 5.70. The van der Waals surface area contributed by atoms with Gasteiger partial charge in [-0.05, 0) is 6.92 Å². The molecule has 0 aromatic heterocycles. The molecule has 1 radical (unpaired) electrons. The molecule has 2 nitrogen and oxygen atoms in total. The van der Waals surface area contributed by atoms with Gasteiger partial charge in [-0.15, -0.1) is 0 Å². The van der Waals surface area contributed by atoms with Crippen molar-refractivity contribution in [3.63, 3.8) is 0 Å². The fourth-order valence-electron chi connectivity index (χ4n) is 0.174. The smallest absolute Gasteiger partial charge is 0.221 e. The Labute approximate surface area is 43.2 Å². The summed E-state index contributed by atoms with van der Waals surface area (Å²) >= 11 is 0. The molecule has 0 aliphatic heterocycles. The van der Waals surface area contributed by atoms with Crippen LogP contribution in [0.4, 0.5) is 0 Å². The molecule has 0 bridgehead atoms. The van der Waals surface area contributed by atoms with Gasteiger partial charge < -0.3 is 5.32 Å². The van der Waals surface area contributed by atoms with Crippen molar-refractivity contribution in [1.82, 2.24) is 5.32 Å². The number of hydrogen-bond acceptors (Lipinski definition) is 1. The number of carbonyl (C=O) groups excluding carboxylic acids is 1. The lowest BCUT2D eigenvalue weighted by Gasteiger charge is -1.83. The van der Waals surface area contributed by atoms with E-state index in [0.717, 1.165) is 0 Å². The van der Waals surface area contributed by atoms with Crippen molar-refractivity contribution in [2.24, 2.45) is 0 Å². The van der Waals surface area contributed by atoms with Gasteiger partial charge in [-0.1, -0.05) is 6.08 Å². The summed E-state index contributed by atoms with van der Waals surface area (Å²) in [4.78, 5) is 10.0. The number of carbonyl (C=O) groups is 1. The summed E-state index contributed by atoms with van der Waals surface area (Å²) in [6.07, 6.45) is 4.16. The van der Waals surface area contributed by atoms with E-state index in [0.29, 0.717) is 0 Å². The minimum Gasteiger partial charge on any atom is -0.325 e. The average molecular weight is 98.1 g/mol. The van der Waals surface area contributed by atoms with Crippen molar-refractivity contribution in [1.29, 1.82) is 0 Å². The standard InChI is InChI=1S/C5H8NO/c1-3-4-6-5(2)7/h3H,1-2H3,(H,6,7). The highest BCUT2D eigenvalue weighted by atomic mass is 16.1. The second-order valence-corrected chi connectivity index (χ2v) is 1.11. The lowest BCUT2D eigenvalue weighted by molar-refractivity contribution is -0.118. The molecular weight excluding hydrogens is 90.1 g/mol. The molecule has 39 valence electrons. The van der Waals surface area contributed by atoms with E-state index in [-0.39, 0.29) is 5.91 Å². The number of hydrogen-bond donors (Lipinski definition) is 1. The third kappa shape index (κ3) is 5.21. The first-order valence-electron chi connectivity index (χ1n) is 2.07. The molecule has 0 saturated heterocycles. The Morgan fingerprint density at radius 2 is 2.43 bits per heavy atom. The highest BCUT2D eigenvalue weighted by molar-refractivity contribution is 5.73. The summed E-state index contributed by atoms with van der Waals surface area (Å²) in [6, 6.07) is 0. The van der Waals surface area contributed by atoms with Gasteiger partial charge in [0.2, 0.25) is 5.91 Å². The first kappa shape index (κ1) is 6.21. The van der Waals surface area contributed by atoms with Crippen LogP contribution in [0, 0.1) is 6.20 Å². The highest BCUT2D eigenvalue weighted by Crippen LogP contribution is 1.60. The van der Waals surface area contributed by atoms with E-state index >= 15 is 0 Å². The van der Waals surface area contributed by atoms with Crippen LogP contribution in [0.2, 0.25) is 0 Å². The highest BCUT2D eigenvalue weighted by Gasteiger charge is 1.78. The van der Waals surface area contributed by atoms with E-state index in [2.05, 4.69) is 11.5 Å². The van der Waals surface area contributed by atoms with E-state index in [1.165, 1.54) is 6.92 Å². The monoisotopic (exact) mass is 98.1 g/mol. The van der Waals surface area contributed by atoms with E-state index in [9.17, 15) is 4.79 Å². The maximum Gasteiger partial charge on any atom is 0.221 e. The Morgan fingerprint density at radius 3 is 2.57 bits per heavy atom. The van der Waals surface area contributed by atoms with Gasteiger partial charge in [0.25, 0.3) is 0 Å². The fourth-order valence-corrected chi connectivity index (χ4v) is 0.174. The van der Waals surface area contributed by atoms with E-state index in [1.54, 1.807) is 13.0 Å². The van der Waals surface area contributed by atoms with E-state index < -0.39 is 0 Å². The first-order valence-corrected chi connectivity index (χ1v) is 2.07. The van der Waals surface area contributed by atoms with Crippen LogP contribution in [-0.4, -0.2) is 5.91 Å². The van der Waals surface area contributed by atoms with Crippen molar-refractivity contribution >= 4 is 5.91 Å². The zero-order valence-corrected chi connectivity index (χ0v) is 4.49. The topological polar surface area (TPSA) is 29.1 Å². The normalized spacial score (nSPS) is 9.43. The van der Waals surface area contributed by atoms with Crippen LogP contribution in [-0.2, 0) is 4.79 Å². The second-order valence-electron chi connectivity index (χ2n) is 1.11. The van der Waals surface area contributed by atoms with Gasteiger partial charge >= 0.3 is 0 Å². The largest absolute Gasteiger partial charge is 0.325 e. The Morgan fingerprint density at radius 1 is 1.86 bits per heavy atom. The number of amides is 1. The zero-order valence-electron chi connectivity index (χ0n) is 4.49. The fraction of sp³-hybridized carbons (Fsp3) is 0.400. The van der Waals surface area contributed by atoms with Crippen LogP contribution in [0.3, 0.4) is 0 Å². The molecule has 1 N–H and O–H groups in total. The van der Waals surface area contributed by atoms with Gasteiger partial charge in [0, 0.05) is 6.92 Å². The second kappa shape index (κ2) is 3.40. The predicted molar refractivity (Wildman–Crippen MR) is 27.3 cm³/mol. The van der Waals surface area contributed by atoms with Gasteiger partial charge in [-0.3, -0.25) is 4.79 Å². The van der Waals surface area contributed by atoms with Crippen LogP contribution in [0.1, 0.15) is 13.8 Å². The molecule has 2 heteroatoms. The van der Waals surface area contributed by atoms with E-state index in [4.69, 9.17) is 0 Å². The number of nitrogens with one attached hydrogen (secondary N) is 1.